The number of aromatic nitrogens is 3. The van der Waals surface area contributed by atoms with E-state index < -0.39 is 10.8 Å². The monoisotopic (exact) mass is 526 g/mol. The first kappa shape index (κ1) is 25.4. The van der Waals surface area contributed by atoms with Crippen LogP contribution < -0.4 is 10.9 Å². The summed E-state index contributed by atoms with van der Waals surface area (Å²) in [5, 5.41) is 4.51. The summed E-state index contributed by atoms with van der Waals surface area (Å²) in [6, 6.07) is 7.70. The van der Waals surface area contributed by atoms with Gasteiger partial charge in [0.15, 0.2) is 0 Å². The van der Waals surface area contributed by atoms with Crippen LogP contribution in [0.25, 0.3) is 11.0 Å². The molecule has 8 heteroatoms. The number of hydrogen-bond donors (Lipinski definition) is 1. The summed E-state index contributed by atoms with van der Waals surface area (Å²) in [6.07, 6.45) is 10.2. The van der Waals surface area contributed by atoms with Crippen molar-refractivity contribution in [3.05, 3.63) is 51.4 Å². The van der Waals surface area contributed by atoms with Gasteiger partial charge >= 0.3 is 0 Å². The molecular formula is C28H35ClN4O2S. The van der Waals surface area contributed by atoms with E-state index in [0.717, 1.165) is 66.0 Å². The zero-order valence-corrected chi connectivity index (χ0v) is 22.9. The molecule has 0 aliphatic heterocycles. The van der Waals surface area contributed by atoms with Crippen molar-refractivity contribution in [3.8, 4) is 0 Å². The third kappa shape index (κ3) is 5.10. The highest BCUT2D eigenvalue weighted by atomic mass is 35.5. The minimum absolute atomic E-state index is 0.119. The number of fused-ring (bicyclic) bond motifs is 1. The molecule has 0 spiro atoms. The molecule has 1 aromatic carbocycles. The molecule has 3 aromatic rings. The molecule has 0 amide bonds. The molecule has 0 bridgehead atoms. The molecule has 36 heavy (non-hydrogen) atoms. The van der Waals surface area contributed by atoms with Crippen LogP contribution in [-0.4, -0.2) is 24.0 Å². The van der Waals surface area contributed by atoms with E-state index in [0.29, 0.717) is 17.5 Å². The zero-order chi connectivity index (χ0) is 25.4. The Morgan fingerprint density at radius 1 is 1.08 bits per heavy atom. The zero-order valence-electron chi connectivity index (χ0n) is 21.3. The molecule has 6 nitrogen and oxygen atoms in total. The summed E-state index contributed by atoms with van der Waals surface area (Å²) in [4.78, 5) is 23.0. The highest BCUT2D eigenvalue weighted by molar-refractivity contribution is 7.85. The standard InChI is InChI=1S/C28H35ClN4O2S/c1-17(2)19-8-10-22(11-9-19)36(35)23-12-13-25(18(3)14-23)31-28-30-16-20-15-24(29)27(34)33(26(20)32-28)21-6-4-5-7-21/h12-17,19,21-22H,4-11H2,1-3H3,(H,30,31,32)/t19?,22?,36-/m1/s1. The average molecular weight is 527 g/mol. The maximum absolute atomic E-state index is 13.3. The minimum atomic E-state index is -1.00. The van der Waals surface area contributed by atoms with Gasteiger partial charge < -0.3 is 5.32 Å². The predicted molar refractivity (Wildman–Crippen MR) is 148 cm³/mol. The van der Waals surface area contributed by atoms with Gasteiger partial charge in [0.25, 0.3) is 5.56 Å². The molecule has 1 atom stereocenters. The molecule has 0 radical (unpaired) electrons. The Labute approximate surface area is 220 Å². The van der Waals surface area contributed by atoms with Crippen LogP contribution in [0, 0.1) is 18.8 Å². The highest BCUT2D eigenvalue weighted by Gasteiger charge is 2.28. The van der Waals surface area contributed by atoms with Crippen molar-refractivity contribution in [2.45, 2.75) is 88.3 Å². The van der Waals surface area contributed by atoms with Crippen LogP contribution in [0.15, 0.2) is 40.2 Å². The first-order chi connectivity index (χ1) is 17.3. The van der Waals surface area contributed by atoms with Crippen LogP contribution in [0.5, 0.6) is 0 Å². The quantitative estimate of drug-likeness (QED) is 0.376. The van der Waals surface area contributed by atoms with Crippen molar-refractivity contribution < 1.29 is 4.21 Å². The Hall–Kier alpha value is -2.25. The highest BCUT2D eigenvalue weighted by Crippen LogP contribution is 2.35. The van der Waals surface area contributed by atoms with Gasteiger partial charge in [-0.15, -0.1) is 0 Å². The number of nitrogens with one attached hydrogen (secondary N) is 1. The fraction of sp³-hybridized carbons (Fsp3) is 0.536. The lowest BCUT2D eigenvalue weighted by Crippen LogP contribution is -2.25. The maximum Gasteiger partial charge on any atom is 0.271 e. The Morgan fingerprint density at radius 3 is 2.47 bits per heavy atom. The lowest BCUT2D eigenvalue weighted by molar-refractivity contribution is 0.282. The first-order valence-corrected chi connectivity index (χ1v) is 14.8. The van der Waals surface area contributed by atoms with Gasteiger partial charge in [-0.3, -0.25) is 13.6 Å². The van der Waals surface area contributed by atoms with E-state index in [1.165, 1.54) is 12.8 Å². The third-order valence-corrected chi connectivity index (χ3v) is 10.1. The second-order valence-corrected chi connectivity index (χ2v) is 12.9. The Balaban J connectivity index is 1.37. The van der Waals surface area contributed by atoms with Crippen molar-refractivity contribution in [2.24, 2.45) is 11.8 Å². The van der Waals surface area contributed by atoms with Crippen molar-refractivity contribution >= 4 is 45.1 Å². The SMILES string of the molecule is Cc1cc([S@](=O)C2CCC(C(C)C)CC2)ccc1Nc1ncc2cc(Cl)c(=O)n(C3CCCC3)c2n1. The van der Waals surface area contributed by atoms with Crippen molar-refractivity contribution in [3.63, 3.8) is 0 Å². The number of aryl methyl sites for hydroxylation is 1. The number of halogens is 1. The Kier molecular flexibility index (Phi) is 7.49. The van der Waals surface area contributed by atoms with Crippen LogP contribution in [0.2, 0.25) is 5.02 Å². The van der Waals surface area contributed by atoms with Crippen molar-refractivity contribution in [2.75, 3.05) is 5.32 Å². The topological polar surface area (TPSA) is 76.9 Å². The largest absolute Gasteiger partial charge is 0.324 e. The van der Waals surface area contributed by atoms with Crippen LogP contribution in [0.1, 0.15) is 76.8 Å². The number of hydrogen-bond acceptors (Lipinski definition) is 5. The Morgan fingerprint density at radius 2 is 1.81 bits per heavy atom. The van der Waals surface area contributed by atoms with E-state index in [1.807, 2.05) is 25.1 Å². The van der Waals surface area contributed by atoms with Crippen LogP contribution in [0.4, 0.5) is 11.6 Å². The predicted octanol–water partition coefficient (Wildman–Crippen LogP) is 6.93. The molecule has 2 aromatic heterocycles. The molecule has 5 rings (SSSR count). The maximum atomic E-state index is 13.3. The van der Waals surface area contributed by atoms with Gasteiger partial charge in [0.1, 0.15) is 10.7 Å². The second kappa shape index (κ2) is 10.6. The molecule has 192 valence electrons. The van der Waals surface area contributed by atoms with E-state index in [1.54, 1.807) is 16.8 Å². The molecule has 2 aliphatic carbocycles. The molecule has 2 fully saturated rings. The van der Waals surface area contributed by atoms with E-state index in [2.05, 4.69) is 24.1 Å². The molecule has 0 saturated heterocycles. The smallest absolute Gasteiger partial charge is 0.271 e. The van der Waals surface area contributed by atoms with Crippen LogP contribution in [0.3, 0.4) is 0 Å². The van der Waals surface area contributed by atoms with Gasteiger partial charge in [-0.1, -0.05) is 38.3 Å². The van der Waals surface area contributed by atoms with Gasteiger partial charge in [-0.05, 0) is 87.1 Å². The second-order valence-electron chi connectivity index (χ2n) is 10.8. The molecule has 0 unspecified atom stereocenters. The molecule has 1 N–H and O–H groups in total. The van der Waals surface area contributed by atoms with Crippen molar-refractivity contribution in [1.82, 2.24) is 14.5 Å². The summed E-state index contributed by atoms with van der Waals surface area (Å²) in [5.41, 5.74) is 2.28. The number of nitrogens with zero attached hydrogens (tertiary/aromatic N) is 3. The van der Waals surface area contributed by atoms with Gasteiger partial charge in [-0.25, -0.2) is 4.98 Å². The van der Waals surface area contributed by atoms with Crippen molar-refractivity contribution in [1.29, 1.82) is 0 Å². The number of pyridine rings is 1. The fourth-order valence-corrected chi connectivity index (χ4v) is 7.62. The van der Waals surface area contributed by atoms with Gasteiger partial charge in [-0.2, -0.15) is 4.98 Å². The fourth-order valence-electron chi connectivity index (χ4n) is 5.83. The summed E-state index contributed by atoms with van der Waals surface area (Å²) in [5.74, 6) is 1.89. The van der Waals surface area contributed by atoms with E-state index in [4.69, 9.17) is 16.6 Å². The number of rotatable bonds is 6. The van der Waals surface area contributed by atoms with Crippen LogP contribution in [-0.2, 0) is 10.8 Å². The summed E-state index contributed by atoms with van der Waals surface area (Å²) < 4.78 is 15.0. The van der Waals surface area contributed by atoms with E-state index >= 15 is 0 Å². The summed E-state index contributed by atoms with van der Waals surface area (Å²) in [7, 11) is -1.00. The molecular weight excluding hydrogens is 492 g/mol. The summed E-state index contributed by atoms with van der Waals surface area (Å²) in [6.45, 7) is 6.59. The van der Waals surface area contributed by atoms with E-state index in [-0.39, 0.29) is 21.9 Å². The lowest BCUT2D eigenvalue weighted by atomic mass is 9.81. The first-order valence-electron chi connectivity index (χ1n) is 13.2. The minimum Gasteiger partial charge on any atom is -0.324 e. The molecule has 2 saturated carbocycles. The summed E-state index contributed by atoms with van der Waals surface area (Å²) >= 11 is 6.25. The third-order valence-electron chi connectivity index (χ3n) is 8.06. The number of anilines is 2. The van der Waals surface area contributed by atoms with E-state index in [9.17, 15) is 9.00 Å². The molecule has 2 aliphatic rings. The Bertz CT molecular complexity index is 1340. The van der Waals surface area contributed by atoms with Gasteiger partial charge in [0, 0.05) is 33.5 Å². The van der Waals surface area contributed by atoms with Crippen LogP contribution >= 0.6 is 11.6 Å². The van der Waals surface area contributed by atoms with Gasteiger partial charge in [0.2, 0.25) is 5.95 Å². The number of benzene rings is 1. The molecule has 2 heterocycles. The average Bonchev–Trinajstić information content (AvgIpc) is 3.40. The normalized spacial score (nSPS) is 21.8. The lowest BCUT2D eigenvalue weighted by Gasteiger charge is -2.30. The van der Waals surface area contributed by atoms with Gasteiger partial charge in [0.05, 0.1) is 10.8 Å².